The van der Waals surface area contributed by atoms with E-state index >= 15 is 0 Å². The number of alkyl halides is 3. The molecule has 1 amide bonds. The Labute approximate surface area is 172 Å². The number of unbranched alkanes of at least 4 members (excludes halogenated alkanes) is 1. The van der Waals surface area contributed by atoms with Gasteiger partial charge >= 0.3 is 6.36 Å². The van der Waals surface area contributed by atoms with Gasteiger partial charge in [-0.05, 0) is 55.9 Å². The highest BCUT2D eigenvalue weighted by Crippen LogP contribution is 2.28. The fourth-order valence-corrected chi connectivity index (χ4v) is 2.94. The van der Waals surface area contributed by atoms with Crippen LogP contribution in [0.2, 0.25) is 0 Å². The van der Waals surface area contributed by atoms with Gasteiger partial charge < -0.3 is 15.5 Å². The highest BCUT2D eigenvalue weighted by molar-refractivity contribution is 7.80. The quantitative estimate of drug-likeness (QED) is 0.238. The number of carbonyl (C=O) groups excluding carboxylic acids is 1. The van der Waals surface area contributed by atoms with Gasteiger partial charge in [0.15, 0.2) is 0 Å². The fourth-order valence-electron chi connectivity index (χ4n) is 2.79. The molecule has 6 nitrogen and oxygen atoms in total. The van der Waals surface area contributed by atoms with E-state index < -0.39 is 6.36 Å². The first-order chi connectivity index (χ1) is 13.7. The Kier molecular flexibility index (Phi) is 8.59. The maximum atomic E-state index is 12.3. The van der Waals surface area contributed by atoms with E-state index in [2.05, 4.69) is 20.5 Å². The number of anilines is 1. The fraction of sp³-hybridized carbons (Fsp3) is 0.421. The number of nitrogens with two attached hydrogens (primary N) is 1. The Balaban J connectivity index is 1.79. The van der Waals surface area contributed by atoms with Crippen molar-refractivity contribution >= 4 is 28.8 Å². The first-order valence-corrected chi connectivity index (χ1v) is 9.55. The molecule has 158 valence electrons. The molecule has 0 aromatic carbocycles. The summed E-state index contributed by atoms with van der Waals surface area (Å²) < 4.78 is 40.9. The number of rotatable bonds is 9. The van der Waals surface area contributed by atoms with Crippen molar-refractivity contribution in [2.45, 2.75) is 51.3 Å². The summed E-state index contributed by atoms with van der Waals surface area (Å²) in [4.78, 5) is 17.1. The third-order valence-corrected chi connectivity index (χ3v) is 4.43. The maximum Gasteiger partial charge on any atom is 0.572 e. The molecule has 2 rings (SSSR count). The number of aryl methyl sites for hydroxylation is 1. The number of nitrogens with zero attached hydrogens (tertiary/aromatic N) is 1. The van der Waals surface area contributed by atoms with Gasteiger partial charge in [0.25, 0.3) is 0 Å². The summed E-state index contributed by atoms with van der Waals surface area (Å²) in [5, 5.41) is 2.70. The lowest BCUT2D eigenvalue weighted by Gasteiger charge is -2.16. The van der Waals surface area contributed by atoms with Crippen molar-refractivity contribution in [1.29, 1.82) is 0 Å². The Morgan fingerprint density at radius 2 is 2.10 bits per heavy atom. The van der Waals surface area contributed by atoms with Gasteiger partial charge in [0.05, 0.1) is 23.3 Å². The van der Waals surface area contributed by atoms with E-state index in [1.807, 2.05) is 6.07 Å². The Morgan fingerprint density at radius 1 is 1.31 bits per heavy atom. The van der Waals surface area contributed by atoms with Crippen LogP contribution in [0.1, 0.15) is 44.2 Å². The highest BCUT2D eigenvalue weighted by atomic mass is 32.1. The molecule has 1 aromatic rings. The number of carbonyl (C=O) groups is 1. The summed E-state index contributed by atoms with van der Waals surface area (Å²) in [7, 11) is 0. The molecular formula is C19H23F3N4O2S. The smallest absolute Gasteiger partial charge is 0.410 e. The standard InChI is InChI=1S/C19H23F3N4O2S/c20-19(21,22)28-16-6-3-4-13(10-16)11-17(27)25-15-9-8-14(24-12-15)5-1-2-7-18(29)26-23/h4,8-10,12H,1-3,5-7,11,23H2,(H,25,27)(H,26,29). The molecule has 0 saturated carbocycles. The van der Waals surface area contributed by atoms with E-state index in [-0.39, 0.29) is 24.5 Å². The van der Waals surface area contributed by atoms with E-state index in [1.54, 1.807) is 18.3 Å². The van der Waals surface area contributed by atoms with E-state index in [0.29, 0.717) is 22.7 Å². The number of amides is 1. The molecule has 4 N–H and O–H groups in total. The molecule has 0 spiro atoms. The number of thiocarbonyl (C=S) groups is 1. The number of nitrogens with one attached hydrogen (secondary N) is 2. The Bertz CT molecular complexity index is 777. The van der Waals surface area contributed by atoms with Crippen molar-refractivity contribution in [3.63, 3.8) is 0 Å². The van der Waals surface area contributed by atoms with E-state index in [9.17, 15) is 18.0 Å². The molecular weight excluding hydrogens is 405 g/mol. The highest BCUT2D eigenvalue weighted by Gasteiger charge is 2.32. The first-order valence-electron chi connectivity index (χ1n) is 9.15. The van der Waals surface area contributed by atoms with Crippen LogP contribution in [0.25, 0.3) is 0 Å². The molecule has 0 unspecified atom stereocenters. The van der Waals surface area contributed by atoms with Gasteiger partial charge in [0, 0.05) is 12.1 Å². The van der Waals surface area contributed by atoms with Crippen LogP contribution in [0.5, 0.6) is 0 Å². The zero-order valence-electron chi connectivity index (χ0n) is 15.7. The molecule has 0 atom stereocenters. The third-order valence-electron chi connectivity index (χ3n) is 4.11. The molecule has 1 aromatic heterocycles. The molecule has 0 radical (unpaired) electrons. The summed E-state index contributed by atoms with van der Waals surface area (Å²) >= 11 is 4.97. The van der Waals surface area contributed by atoms with Gasteiger partial charge in [-0.2, -0.15) is 0 Å². The average molecular weight is 428 g/mol. The second kappa shape index (κ2) is 10.9. The minimum absolute atomic E-state index is 0.0401. The van der Waals surface area contributed by atoms with Gasteiger partial charge in [-0.15, -0.1) is 13.2 Å². The van der Waals surface area contributed by atoms with Crippen molar-refractivity contribution in [3.05, 3.63) is 47.5 Å². The van der Waals surface area contributed by atoms with Crippen LogP contribution >= 0.6 is 12.2 Å². The van der Waals surface area contributed by atoms with Crippen LogP contribution < -0.4 is 16.6 Å². The number of pyridine rings is 1. The molecule has 0 saturated heterocycles. The number of ether oxygens (including phenoxy) is 1. The van der Waals surface area contributed by atoms with Crippen LogP contribution in [-0.2, 0) is 16.0 Å². The number of aromatic nitrogens is 1. The van der Waals surface area contributed by atoms with Gasteiger partial charge in [-0.3, -0.25) is 15.6 Å². The largest absolute Gasteiger partial charge is 0.572 e. The predicted molar refractivity (Wildman–Crippen MR) is 107 cm³/mol. The van der Waals surface area contributed by atoms with Gasteiger partial charge in [-0.1, -0.05) is 18.3 Å². The van der Waals surface area contributed by atoms with E-state index in [0.717, 1.165) is 31.4 Å². The van der Waals surface area contributed by atoms with Crippen molar-refractivity contribution in [1.82, 2.24) is 10.4 Å². The van der Waals surface area contributed by atoms with Crippen LogP contribution in [0.3, 0.4) is 0 Å². The van der Waals surface area contributed by atoms with Gasteiger partial charge in [0.2, 0.25) is 5.91 Å². The zero-order valence-corrected chi connectivity index (χ0v) is 16.5. The lowest BCUT2D eigenvalue weighted by molar-refractivity contribution is -0.306. The maximum absolute atomic E-state index is 12.3. The lowest BCUT2D eigenvalue weighted by atomic mass is 10.0. The monoisotopic (exact) mass is 428 g/mol. The summed E-state index contributed by atoms with van der Waals surface area (Å²) in [6.45, 7) is 0. The van der Waals surface area contributed by atoms with Crippen molar-refractivity contribution in [2.24, 2.45) is 5.84 Å². The summed E-state index contributed by atoms with van der Waals surface area (Å²) in [6, 6.07) is 3.57. The van der Waals surface area contributed by atoms with Gasteiger partial charge in [-0.25, -0.2) is 0 Å². The normalized spacial score (nSPS) is 13.9. The van der Waals surface area contributed by atoms with Crippen LogP contribution in [-0.4, -0.2) is 22.2 Å². The van der Waals surface area contributed by atoms with Crippen LogP contribution in [0.15, 0.2) is 41.8 Å². The molecule has 0 aliphatic heterocycles. The summed E-state index contributed by atoms with van der Waals surface area (Å²) in [5.74, 6) is 4.70. The number of hydrogen-bond acceptors (Lipinski definition) is 5. The summed E-state index contributed by atoms with van der Waals surface area (Å²) in [5.41, 5.74) is 4.35. The molecule has 1 aliphatic rings. The molecule has 10 heteroatoms. The minimum Gasteiger partial charge on any atom is -0.410 e. The SMILES string of the molecule is NNC(=S)CCCCc1ccc(NC(=O)CC2=CCCC(OC(F)(F)F)=C2)cn1. The molecule has 0 fully saturated rings. The molecule has 29 heavy (non-hydrogen) atoms. The second-order valence-corrected chi connectivity index (χ2v) is 7.01. The topological polar surface area (TPSA) is 89.3 Å². The number of allylic oxidation sites excluding steroid dienone is 3. The predicted octanol–water partition coefficient (Wildman–Crippen LogP) is 4.05. The van der Waals surface area contributed by atoms with Gasteiger partial charge in [0.1, 0.15) is 5.76 Å². The Morgan fingerprint density at radius 3 is 2.76 bits per heavy atom. The summed E-state index contributed by atoms with van der Waals surface area (Å²) in [6.07, 6.45) is 3.65. The van der Waals surface area contributed by atoms with E-state index in [4.69, 9.17) is 18.1 Å². The third kappa shape index (κ3) is 9.05. The zero-order chi connectivity index (χ0) is 21.3. The molecule has 1 heterocycles. The van der Waals surface area contributed by atoms with E-state index in [1.165, 1.54) is 6.08 Å². The van der Waals surface area contributed by atoms with Crippen molar-refractivity contribution < 1.29 is 22.7 Å². The molecule has 0 bridgehead atoms. The molecule has 1 aliphatic carbocycles. The van der Waals surface area contributed by atoms with Crippen molar-refractivity contribution in [2.75, 3.05) is 5.32 Å². The van der Waals surface area contributed by atoms with Crippen LogP contribution in [0.4, 0.5) is 18.9 Å². The Hall–Kier alpha value is -2.46. The number of halogens is 3. The minimum atomic E-state index is -4.73. The van der Waals surface area contributed by atoms with Crippen LogP contribution in [0, 0.1) is 0 Å². The lowest BCUT2D eigenvalue weighted by Crippen LogP contribution is -2.28. The van der Waals surface area contributed by atoms with Crippen molar-refractivity contribution in [3.8, 4) is 0 Å². The number of hydrazine groups is 1. The second-order valence-electron chi connectivity index (χ2n) is 6.51. The average Bonchev–Trinajstić information content (AvgIpc) is 2.65. The first kappa shape index (κ1) is 22.8. The number of hydrogen-bond donors (Lipinski definition) is 3.